The van der Waals surface area contributed by atoms with E-state index in [0.717, 1.165) is 5.56 Å². The van der Waals surface area contributed by atoms with Gasteiger partial charge in [0, 0.05) is 39.9 Å². The Hall–Kier alpha value is -3.16. The van der Waals surface area contributed by atoms with Crippen LogP contribution in [-0.2, 0) is 18.9 Å². The number of thioether (sulfide) groups is 1. The van der Waals surface area contributed by atoms with Gasteiger partial charge in [0.05, 0.1) is 19.4 Å². The lowest BCUT2D eigenvalue weighted by molar-refractivity contribution is 0.282. The number of aliphatic hydroxyl groups excluding tert-OH is 1. The number of halogens is 2. The van der Waals surface area contributed by atoms with Crippen LogP contribution in [0, 0.1) is 11.6 Å². The van der Waals surface area contributed by atoms with Crippen molar-refractivity contribution in [3.8, 4) is 5.75 Å². The number of methoxy groups -OCH3 is 1. The molecule has 0 aliphatic rings. The van der Waals surface area contributed by atoms with Crippen molar-refractivity contribution in [1.29, 1.82) is 0 Å². The Morgan fingerprint density at radius 3 is 2.47 bits per heavy atom. The molecular formula is C25H22F2N2O2S. The quantitative estimate of drug-likeness (QED) is 0.325. The Bertz CT molecular complexity index is 1210. The smallest absolute Gasteiger partial charge is 0.145 e. The lowest BCUT2D eigenvalue weighted by Crippen LogP contribution is -2.08. The normalized spacial score (nSPS) is 11.0. The molecule has 0 spiro atoms. The number of para-hydroxylation sites is 1. The SMILES string of the molecule is COc1cccc2c(NCc3c(F)cc(SCc4ccccc4)cc3F)c(CO)cnc12. The number of hydrogen-bond acceptors (Lipinski definition) is 5. The Balaban J connectivity index is 1.57. The molecule has 0 atom stereocenters. The molecule has 4 rings (SSSR count). The highest BCUT2D eigenvalue weighted by atomic mass is 32.2. The maximum Gasteiger partial charge on any atom is 0.145 e. The minimum absolute atomic E-state index is 0.0641. The molecule has 0 amide bonds. The van der Waals surface area contributed by atoms with Crippen LogP contribution in [0.15, 0.2) is 71.8 Å². The zero-order valence-electron chi connectivity index (χ0n) is 17.4. The summed E-state index contributed by atoms with van der Waals surface area (Å²) < 4.78 is 34.9. The van der Waals surface area contributed by atoms with Crippen molar-refractivity contribution in [2.45, 2.75) is 23.8 Å². The van der Waals surface area contributed by atoms with Gasteiger partial charge in [0.15, 0.2) is 0 Å². The number of pyridine rings is 1. The van der Waals surface area contributed by atoms with E-state index in [4.69, 9.17) is 4.74 Å². The molecule has 0 aliphatic heterocycles. The summed E-state index contributed by atoms with van der Waals surface area (Å²) in [6.07, 6.45) is 1.53. The van der Waals surface area contributed by atoms with Crippen LogP contribution in [0.5, 0.6) is 5.75 Å². The van der Waals surface area contributed by atoms with E-state index in [9.17, 15) is 13.9 Å². The van der Waals surface area contributed by atoms with Crippen molar-refractivity contribution in [2.75, 3.05) is 12.4 Å². The molecule has 4 aromatic rings. The van der Waals surface area contributed by atoms with Gasteiger partial charge in [0.25, 0.3) is 0 Å². The van der Waals surface area contributed by atoms with Crippen LogP contribution in [0.4, 0.5) is 14.5 Å². The van der Waals surface area contributed by atoms with E-state index in [1.807, 2.05) is 36.4 Å². The molecule has 4 nitrogen and oxygen atoms in total. The van der Waals surface area contributed by atoms with E-state index in [1.54, 1.807) is 19.2 Å². The summed E-state index contributed by atoms with van der Waals surface area (Å²) in [5.74, 6) is -0.0292. The third-order valence-electron chi connectivity index (χ3n) is 5.13. The van der Waals surface area contributed by atoms with Gasteiger partial charge in [-0.3, -0.25) is 4.98 Å². The first-order chi connectivity index (χ1) is 15.6. The number of hydrogen-bond donors (Lipinski definition) is 2. The average molecular weight is 453 g/mol. The summed E-state index contributed by atoms with van der Waals surface area (Å²) in [4.78, 5) is 4.88. The Kier molecular flexibility index (Phi) is 6.87. The van der Waals surface area contributed by atoms with Crippen LogP contribution >= 0.6 is 11.8 Å². The molecule has 0 saturated heterocycles. The fraction of sp³-hybridized carbons (Fsp3) is 0.160. The lowest BCUT2D eigenvalue weighted by atomic mass is 10.1. The second kappa shape index (κ2) is 9.97. The number of rotatable bonds is 8. The van der Waals surface area contributed by atoms with Gasteiger partial charge in [-0.25, -0.2) is 8.78 Å². The minimum Gasteiger partial charge on any atom is -0.494 e. The first-order valence-electron chi connectivity index (χ1n) is 10.0. The largest absolute Gasteiger partial charge is 0.494 e. The molecule has 0 radical (unpaired) electrons. The van der Waals surface area contributed by atoms with Crippen molar-refractivity contribution in [3.05, 3.63) is 95.2 Å². The number of nitrogens with one attached hydrogen (secondary N) is 1. The molecule has 3 aromatic carbocycles. The molecular weight excluding hydrogens is 430 g/mol. The second-order valence-electron chi connectivity index (χ2n) is 7.17. The first kappa shape index (κ1) is 22.0. The summed E-state index contributed by atoms with van der Waals surface area (Å²) in [5, 5.41) is 13.5. The fourth-order valence-corrected chi connectivity index (χ4v) is 4.38. The van der Waals surface area contributed by atoms with E-state index in [2.05, 4.69) is 10.3 Å². The summed E-state index contributed by atoms with van der Waals surface area (Å²) in [7, 11) is 1.55. The molecule has 2 N–H and O–H groups in total. The van der Waals surface area contributed by atoms with Crippen LogP contribution in [-0.4, -0.2) is 17.2 Å². The van der Waals surface area contributed by atoms with Gasteiger partial charge in [-0.05, 0) is 23.8 Å². The van der Waals surface area contributed by atoms with Crippen LogP contribution < -0.4 is 10.1 Å². The number of anilines is 1. The highest BCUT2D eigenvalue weighted by Gasteiger charge is 2.15. The molecule has 0 aliphatic carbocycles. The van der Waals surface area contributed by atoms with Crippen LogP contribution in [0.25, 0.3) is 10.9 Å². The summed E-state index contributed by atoms with van der Waals surface area (Å²) in [6.45, 7) is -0.340. The standard InChI is InChI=1S/C25H22F2N2O2S/c1-31-23-9-5-8-19-24(17(14-30)12-28-25(19)23)29-13-20-21(26)10-18(11-22(20)27)32-15-16-6-3-2-4-7-16/h2-12,30H,13-15H2,1H3,(H,28,29). The molecule has 1 heterocycles. The van der Waals surface area contributed by atoms with Crippen molar-refractivity contribution in [3.63, 3.8) is 0 Å². The van der Waals surface area contributed by atoms with Gasteiger partial charge in [-0.1, -0.05) is 42.5 Å². The van der Waals surface area contributed by atoms with E-state index in [1.165, 1.54) is 30.1 Å². The monoisotopic (exact) mass is 452 g/mol. The molecule has 0 saturated carbocycles. The van der Waals surface area contributed by atoms with Crippen LogP contribution in [0.2, 0.25) is 0 Å². The van der Waals surface area contributed by atoms with E-state index < -0.39 is 11.6 Å². The Morgan fingerprint density at radius 1 is 1.03 bits per heavy atom. The Labute approximate surface area is 189 Å². The molecule has 0 fully saturated rings. The topological polar surface area (TPSA) is 54.4 Å². The summed E-state index contributed by atoms with van der Waals surface area (Å²) >= 11 is 1.38. The Morgan fingerprint density at radius 2 is 1.78 bits per heavy atom. The van der Waals surface area contributed by atoms with Crippen molar-refractivity contribution in [2.24, 2.45) is 0 Å². The zero-order valence-corrected chi connectivity index (χ0v) is 18.3. The number of aromatic nitrogens is 1. The van der Waals surface area contributed by atoms with Gasteiger partial charge in [0.1, 0.15) is 22.9 Å². The second-order valence-corrected chi connectivity index (χ2v) is 8.22. The number of benzene rings is 3. The minimum atomic E-state index is -0.616. The van der Waals surface area contributed by atoms with E-state index in [-0.39, 0.29) is 18.7 Å². The van der Waals surface area contributed by atoms with Crippen molar-refractivity contribution >= 4 is 28.4 Å². The van der Waals surface area contributed by atoms with Gasteiger partial charge in [0.2, 0.25) is 0 Å². The zero-order chi connectivity index (χ0) is 22.5. The van der Waals surface area contributed by atoms with Gasteiger partial charge < -0.3 is 15.2 Å². The van der Waals surface area contributed by atoms with Gasteiger partial charge in [-0.2, -0.15) is 0 Å². The molecule has 1 aromatic heterocycles. The number of ether oxygens (including phenoxy) is 1. The molecule has 7 heteroatoms. The van der Waals surface area contributed by atoms with Crippen LogP contribution in [0.1, 0.15) is 16.7 Å². The fourth-order valence-electron chi connectivity index (χ4n) is 3.48. The predicted molar refractivity (Wildman–Crippen MR) is 124 cm³/mol. The van der Waals surface area contributed by atoms with E-state index in [0.29, 0.717) is 38.6 Å². The van der Waals surface area contributed by atoms with Crippen molar-refractivity contribution < 1.29 is 18.6 Å². The molecule has 32 heavy (non-hydrogen) atoms. The maximum atomic E-state index is 14.8. The van der Waals surface area contributed by atoms with Gasteiger partial charge >= 0.3 is 0 Å². The molecule has 164 valence electrons. The number of fused-ring (bicyclic) bond motifs is 1. The predicted octanol–water partition coefficient (Wildman–Crippen LogP) is 5.92. The molecule has 0 unspecified atom stereocenters. The van der Waals surface area contributed by atoms with Crippen LogP contribution in [0.3, 0.4) is 0 Å². The lowest BCUT2D eigenvalue weighted by Gasteiger charge is -2.16. The van der Waals surface area contributed by atoms with Crippen molar-refractivity contribution in [1.82, 2.24) is 4.98 Å². The summed E-state index contributed by atoms with van der Waals surface area (Å²) in [6, 6.07) is 17.9. The van der Waals surface area contributed by atoms with E-state index >= 15 is 0 Å². The highest BCUT2D eigenvalue weighted by molar-refractivity contribution is 7.98. The highest BCUT2D eigenvalue weighted by Crippen LogP contribution is 2.33. The maximum absolute atomic E-state index is 14.8. The summed E-state index contributed by atoms with van der Waals surface area (Å²) in [5.41, 5.74) is 2.72. The van der Waals surface area contributed by atoms with Gasteiger partial charge in [-0.15, -0.1) is 11.8 Å². The number of nitrogens with zero attached hydrogens (tertiary/aromatic N) is 1. The number of aliphatic hydroxyl groups is 1. The molecule has 0 bridgehead atoms. The third-order valence-corrected chi connectivity index (χ3v) is 6.18. The average Bonchev–Trinajstić information content (AvgIpc) is 2.82. The third kappa shape index (κ3) is 4.69. The first-order valence-corrected chi connectivity index (χ1v) is 11.0.